The Bertz CT molecular complexity index is 324. The van der Waals surface area contributed by atoms with E-state index in [4.69, 9.17) is 0 Å². The molecular formula is C14H21N2O. The molecule has 0 aliphatic heterocycles. The molecule has 3 heteroatoms. The van der Waals surface area contributed by atoms with Gasteiger partial charge in [-0.3, -0.25) is 0 Å². The van der Waals surface area contributed by atoms with Gasteiger partial charge >= 0.3 is 6.03 Å². The number of carbonyl (C=O) groups excluding carboxylic acids is 1. The van der Waals surface area contributed by atoms with Crippen molar-refractivity contribution in [2.75, 3.05) is 11.9 Å². The minimum absolute atomic E-state index is 0.146. The zero-order valence-electron chi connectivity index (χ0n) is 10.5. The first-order valence-electron chi connectivity index (χ1n) is 6.18. The highest BCUT2D eigenvalue weighted by Gasteiger charge is 2.07. The van der Waals surface area contributed by atoms with E-state index in [1.165, 1.54) is 17.7 Å². The van der Waals surface area contributed by atoms with Crippen molar-refractivity contribution in [3.8, 4) is 0 Å². The van der Waals surface area contributed by atoms with Gasteiger partial charge in [-0.1, -0.05) is 44.4 Å². The van der Waals surface area contributed by atoms with Crippen LogP contribution in [0.4, 0.5) is 10.5 Å². The van der Waals surface area contributed by atoms with Crippen LogP contribution in [-0.2, 0) is 0 Å². The predicted molar refractivity (Wildman–Crippen MR) is 71.7 cm³/mol. The lowest BCUT2D eigenvalue weighted by molar-refractivity contribution is 0.227. The van der Waals surface area contributed by atoms with Crippen LogP contribution >= 0.6 is 0 Å². The summed E-state index contributed by atoms with van der Waals surface area (Å²) in [5.41, 5.74) is 0.805. The maximum atomic E-state index is 11.7. The first-order valence-corrected chi connectivity index (χ1v) is 6.18. The molecule has 1 aromatic carbocycles. The average Bonchev–Trinajstić information content (AvgIpc) is 2.35. The molecule has 0 saturated carbocycles. The van der Waals surface area contributed by atoms with Gasteiger partial charge in [0, 0.05) is 19.3 Å². The van der Waals surface area contributed by atoms with E-state index < -0.39 is 0 Å². The van der Waals surface area contributed by atoms with E-state index >= 15 is 0 Å². The molecule has 0 saturated heterocycles. The van der Waals surface area contributed by atoms with Crippen molar-refractivity contribution in [2.45, 2.75) is 32.6 Å². The zero-order chi connectivity index (χ0) is 12.5. The quantitative estimate of drug-likeness (QED) is 0.743. The van der Waals surface area contributed by atoms with E-state index in [2.05, 4.69) is 19.3 Å². The molecule has 0 fully saturated rings. The Labute approximate surface area is 104 Å². The largest absolute Gasteiger partial charge is 0.323 e. The lowest BCUT2D eigenvalue weighted by Gasteiger charge is -2.17. The lowest BCUT2D eigenvalue weighted by Crippen LogP contribution is -2.30. The Morgan fingerprint density at radius 2 is 1.94 bits per heavy atom. The number of amides is 2. The van der Waals surface area contributed by atoms with Gasteiger partial charge in [-0.05, 0) is 18.6 Å². The number of hydrogen-bond donors (Lipinski definition) is 1. The van der Waals surface area contributed by atoms with Gasteiger partial charge < -0.3 is 10.2 Å². The van der Waals surface area contributed by atoms with E-state index in [0.29, 0.717) is 6.54 Å². The number of hydrogen-bond acceptors (Lipinski definition) is 1. The summed E-state index contributed by atoms with van der Waals surface area (Å²) in [6.45, 7) is 2.88. The van der Waals surface area contributed by atoms with Crippen molar-refractivity contribution in [3.63, 3.8) is 0 Å². The number of benzene rings is 1. The minimum atomic E-state index is -0.146. The second-order valence-electron chi connectivity index (χ2n) is 4.12. The van der Waals surface area contributed by atoms with Gasteiger partial charge in [0.1, 0.15) is 0 Å². The van der Waals surface area contributed by atoms with Gasteiger partial charge in [0.05, 0.1) is 0 Å². The second-order valence-corrected chi connectivity index (χ2v) is 4.12. The summed E-state index contributed by atoms with van der Waals surface area (Å²) in [6.07, 6.45) is 4.59. The second kappa shape index (κ2) is 7.71. The van der Waals surface area contributed by atoms with Crippen molar-refractivity contribution in [2.24, 2.45) is 0 Å². The van der Waals surface area contributed by atoms with Crippen LogP contribution < -0.4 is 5.32 Å². The maximum absolute atomic E-state index is 11.7. The van der Waals surface area contributed by atoms with Crippen molar-refractivity contribution < 1.29 is 4.79 Å². The molecule has 0 aliphatic carbocycles. The fourth-order valence-corrected chi connectivity index (χ4v) is 1.56. The van der Waals surface area contributed by atoms with Crippen LogP contribution in [0.25, 0.3) is 0 Å². The molecular weight excluding hydrogens is 212 g/mol. The Balaban J connectivity index is 2.27. The van der Waals surface area contributed by atoms with Crippen LogP contribution in [0.15, 0.2) is 30.3 Å². The Hall–Kier alpha value is -1.51. The highest BCUT2D eigenvalue weighted by molar-refractivity contribution is 5.89. The van der Waals surface area contributed by atoms with Gasteiger partial charge in [-0.2, -0.15) is 0 Å². The molecule has 0 heterocycles. The first kappa shape index (κ1) is 13.6. The number of para-hydroxylation sites is 1. The molecule has 0 atom stereocenters. The summed E-state index contributed by atoms with van der Waals surface area (Å²) in [4.78, 5) is 13.2. The third-order valence-electron chi connectivity index (χ3n) is 2.59. The summed E-state index contributed by atoms with van der Waals surface area (Å²) in [7, 11) is 3.75. The van der Waals surface area contributed by atoms with Crippen LogP contribution in [0.1, 0.15) is 32.6 Å². The van der Waals surface area contributed by atoms with Crippen molar-refractivity contribution in [1.29, 1.82) is 0 Å². The van der Waals surface area contributed by atoms with E-state index in [1.807, 2.05) is 30.3 Å². The summed E-state index contributed by atoms with van der Waals surface area (Å²) in [6, 6.07) is 9.29. The predicted octanol–water partition coefficient (Wildman–Crippen LogP) is 3.89. The number of anilines is 1. The Morgan fingerprint density at radius 3 is 2.59 bits per heavy atom. The highest BCUT2D eigenvalue weighted by atomic mass is 16.2. The third kappa shape index (κ3) is 5.38. The fraction of sp³-hybridized carbons (Fsp3) is 0.429. The SMILES string of the molecule is [CH2]N(CCCCCC)C(=O)Nc1ccccc1. The van der Waals surface area contributed by atoms with Crippen LogP contribution in [0.5, 0.6) is 0 Å². The number of rotatable bonds is 6. The molecule has 0 bridgehead atoms. The molecule has 0 unspecified atom stereocenters. The molecule has 2 amide bonds. The normalized spacial score (nSPS) is 10.0. The van der Waals surface area contributed by atoms with Crippen molar-refractivity contribution in [3.05, 3.63) is 37.4 Å². The molecule has 1 N–H and O–H groups in total. The minimum Gasteiger partial charge on any atom is -0.323 e. The van der Waals surface area contributed by atoms with E-state index in [9.17, 15) is 4.79 Å². The monoisotopic (exact) mass is 233 g/mol. The summed E-state index contributed by atoms with van der Waals surface area (Å²) in [5.74, 6) is 0. The number of urea groups is 1. The van der Waals surface area contributed by atoms with E-state index in [-0.39, 0.29) is 6.03 Å². The molecule has 0 aliphatic rings. The molecule has 1 aromatic rings. The van der Waals surface area contributed by atoms with Gasteiger partial charge in [-0.15, -0.1) is 0 Å². The molecule has 0 spiro atoms. The highest BCUT2D eigenvalue weighted by Crippen LogP contribution is 2.07. The van der Waals surface area contributed by atoms with Crippen LogP contribution in [0.3, 0.4) is 0 Å². The van der Waals surface area contributed by atoms with Gasteiger partial charge in [0.25, 0.3) is 0 Å². The lowest BCUT2D eigenvalue weighted by atomic mass is 10.2. The molecule has 3 nitrogen and oxygen atoms in total. The van der Waals surface area contributed by atoms with Crippen LogP contribution in [0, 0.1) is 7.05 Å². The van der Waals surface area contributed by atoms with Gasteiger partial charge in [-0.25, -0.2) is 4.79 Å². The molecule has 0 aromatic heterocycles. The standard InChI is InChI=1S/C14H21N2O/c1-3-4-5-9-12-16(2)14(17)15-13-10-7-6-8-11-13/h6-8,10-11H,2-5,9,12H2,1H3,(H,15,17). The van der Waals surface area contributed by atoms with E-state index in [1.54, 1.807) is 0 Å². The summed E-state index contributed by atoms with van der Waals surface area (Å²) < 4.78 is 0. The summed E-state index contributed by atoms with van der Waals surface area (Å²) in [5, 5.41) is 2.81. The van der Waals surface area contributed by atoms with Gasteiger partial charge in [0.15, 0.2) is 0 Å². The smallest absolute Gasteiger partial charge is 0.321 e. The molecule has 1 radical (unpaired) electrons. The Kier molecular flexibility index (Phi) is 6.15. The number of unbranched alkanes of at least 4 members (excludes halogenated alkanes) is 3. The molecule has 93 valence electrons. The Morgan fingerprint density at radius 1 is 1.24 bits per heavy atom. The van der Waals surface area contributed by atoms with Crippen molar-refractivity contribution >= 4 is 11.7 Å². The zero-order valence-corrected chi connectivity index (χ0v) is 10.5. The molecule has 17 heavy (non-hydrogen) atoms. The number of carbonyl (C=O) groups is 1. The van der Waals surface area contributed by atoms with Crippen molar-refractivity contribution in [1.82, 2.24) is 4.90 Å². The maximum Gasteiger partial charge on any atom is 0.321 e. The number of nitrogens with zero attached hydrogens (tertiary/aromatic N) is 1. The van der Waals surface area contributed by atoms with Crippen LogP contribution in [-0.4, -0.2) is 17.5 Å². The first-order chi connectivity index (χ1) is 8.24. The topological polar surface area (TPSA) is 32.3 Å². The molecule has 1 rings (SSSR count). The number of nitrogens with one attached hydrogen (secondary N) is 1. The average molecular weight is 233 g/mol. The van der Waals surface area contributed by atoms with Gasteiger partial charge in [0.2, 0.25) is 0 Å². The summed E-state index contributed by atoms with van der Waals surface area (Å²) >= 11 is 0. The van der Waals surface area contributed by atoms with Crippen LogP contribution in [0.2, 0.25) is 0 Å². The fourth-order valence-electron chi connectivity index (χ4n) is 1.56. The third-order valence-corrected chi connectivity index (χ3v) is 2.59. The van der Waals surface area contributed by atoms with E-state index in [0.717, 1.165) is 18.5 Å².